The molecule has 0 saturated heterocycles. The molecule has 1 aromatic rings. The third kappa shape index (κ3) is 6.49. The van der Waals surface area contributed by atoms with Crippen molar-refractivity contribution in [3.05, 3.63) is 23.8 Å². The maximum atomic E-state index is 11.8. The van der Waals surface area contributed by atoms with Crippen molar-refractivity contribution in [2.75, 3.05) is 32.2 Å². The van der Waals surface area contributed by atoms with Crippen molar-refractivity contribution in [3.63, 3.8) is 0 Å². The minimum atomic E-state index is -0.409. The summed E-state index contributed by atoms with van der Waals surface area (Å²) in [6.07, 6.45) is 1.02. The van der Waals surface area contributed by atoms with Crippen LogP contribution in [0.1, 0.15) is 37.6 Å². The minimum Gasteiger partial charge on any atom is -0.490 e. The summed E-state index contributed by atoms with van der Waals surface area (Å²) in [7, 11) is 0. The molecule has 0 saturated carbocycles. The van der Waals surface area contributed by atoms with Crippen LogP contribution in [0.5, 0.6) is 5.75 Å². The van der Waals surface area contributed by atoms with Crippen molar-refractivity contribution < 1.29 is 19.0 Å². The number of anilines is 1. The minimum absolute atomic E-state index is 0.320. The molecule has 5 nitrogen and oxygen atoms in total. The fourth-order valence-electron chi connectivity index (χ4n) is 1.67. The van der Waals surface area contributed by atoms with Crippen LogP contribution in [-0.4, -0.2) is 32.4 Å². The lowest BCUT2D eigenvalue weighted by Gasteiger charge is -2.12. The highest BCUT2D eigenvalue weighted by Crippen LogP contribution is 2.22. The molecule has 5 heteroatoms. The lowest BCUT2D eigenvalue weighted by molar-refractivity contribution is 0.0516. The summed E-state index contributed by atoms with van der Waals surface area (Å²) in [6.45, 7) is 7.94. The third-order valence-corrected chi connectivity index (χ3v) is 2.83. The summed E-state index contributed by atoms with van der Waals surface area (Å²) in [4.78, 5) is 11.8. The second-order valence-corrected chi connectivity index (χ2v) is 5.12. The number of rotatable bonds is 9. The molecule has 0 atom stereocenters. The smallest absolute Gasteiger partial charge is 0.341 e. The van der Waals surface area contributed by atoms with Crippen molar-refractivity contribution in [2.45, 2.75) is 27.2 Å². The van der Waals surface area contributed by atoms with Gasteiger partial charge in [-0.05, 0) is 31.4 Å². The van der Waals surface area contributed by atoms with E-state index >= 15 is 0 Å². The Morgan fingerprint density at radius 2 is 2.00 bits per heavy atom. The first-order valence-electron chi connectivity index (χ1n) is 7.31. The van der Waals surface area contributed by atoms with E-state index in [-0.39, 0.29) is 0 Å². The molecule has 0 amide bonds. The Labute approximate surface area is 126 Å². The topological polar surface area (TPSA) is 70.8 Å². The fourth-order valence-corrected chi connectivity index (χ4v) is 1.67. The number of ether oxygens (including phenoxy) is 3. The standard InChI is InChI=1S/C16H25NO4/c1-4-20-16(18)14-6-5-13(17)11-15(14)21-10-9-19-8-7-12(2)3/h5-6,11-12H,4,7-10,17H2,1-3H3. The van der Waals surface area contributed by atoms with Gasteiger partial charge in [0.05, 0.1) is 13.2 Å². The first-order valence-corrected chi connectivity index (χ1v) is 7.31. The molecule has 0 aliphatic heterocycles. The van der Waals surface area contributed by atoms with E-state index in [9.17, 15) is 4.79 Å². The Bertz CT molecular complexity index is 446. The van der Waals surface area contributed by atoms with Crippen LogP contribution in [0.4, 0.5) is 5.69 Å². The Morgan fingerprint density at radius 1 is 1.24 bits per heavy atom. The molecular formula is C16H25NO4. The molecular weight excluding hydrogens is 270 g/mol. The van der Waals surface area contributed by atoms with Gasteiger partial charge in [-0.25, -0.2) is 4.79 Å². The quantitative estimate of drug-likeness (QED) is 0.431. The van der Waals surface area contributed by atoms with Gasteiger partial charge in [-0.2, -0.15) is 0 Å². The van der Waals surface area contributed by atoms with Crippen LogP contribution in [0, 0.1) is 5.92 Å². The summed E-state index contributed by atoms with van der Waals surface area (Å²) in [5.41, 5.74) is 6.65. The Kier molecular flexibility index (Phi) is 7.61. The molecule has 1 aromatic carbocycles. The summed E-state index contributed by atoms with van der Waals surface area (Å²) in [5.74, 6) is 0.643. The maximum Gasteiger partial charge on any atom is 0.341 e. The van der Waals surface area contributed by atoms with E-state index in [2.05, 4.69) is 13.8 Å². The van der Waals surface area contributed by atoms with Gasteiger partial charge in [0.2, 0.25) is 0 Å². The van der Waals surface area contributed by atoms with Crippen LogP contribution < -0.4 is 10.5 Å². The van der Waals surface area contributed by atoms with Crippen LogP contribution in [0.15, 0.2) is 18.2 Å². The number of benzene rings is 1. The predicted octanol–water partition coefficient (Wildman–Crippen LogP) is 2.89. The largest absolute Gasteiger partial charge is 0.490 e. The fraction of sp³-hybridized carbons (Fsp3) is 0.562. The SMILES string of the molecule is CCOC(=O)c1ccc(N)cc1OCCOCCC(C)C. The van der Waals surface area contributed by atoms with E-state index in [0.717, 1.165) is 6.42 Å². The van der Waals surface area contributed by atoms with Gasteiger partial charge in [-0.3, -0.25) is 0 Å². The molecule has 0 fully saturated rings. The van der Waals surface area contributed by atoms with Gasteiger partial charge in [0.15, 0.2) is 0 Å². The molecule has 0 heterocycles. The highest BCUT2D eigenvalue weighted by molar-refractivity contribution is 5.93. The van der Waals surface area contributed by atoms with Gasteiger partial charge < -0.3 is 19.9 Å². The van der Waals surface area contributed by atoms with Crippen LogP contribution in [0.25, 0.3) is 0 Å². The lowest BCUT2D eigenvalue weighted by Crippen LogP contribution is -2.12. The van der Waals surface area contributed by atoms with Crippen molar-refractivity contribution >= 4 is 11.7 Å². The average molecular weight is 295 g/mol. The second kappa shape index (κ2) is 9.23. The van der Waals surface area contributed by atoms with Crippen molar-refractivity contribution in [2.24, 2.45) is 5.92 Å². The van der Waals surface area contributed by atoms with Crippen LogP contribution in [0.3, 0.4) is 0 Å². The number of carbonyl (C=O) groups excluding carboxylic acids is 1. The molecule has 0 unspecified atom stereocenters. The van der Waals surface area contributed by atoms with Crippen LogP contribution >= 0.6 is 0 Å². The van der Waals surface area contributed by atoms with E-state index in [4.69, 9.17) is 19.9 Å². The molecule has 0 aliphatic carbocycles. The molecule has 0 aliphatic rings. The molecule has 1 rings (SSSR count). The number of nitrogens with two attached hydrogens (primary N) is 1. The summed E-state index contributed by atoms with van der Waals surface area (Å²) >= 11 is 0. The van der Waals surface area contributed by atoms with Crippen molar-refractivity contribution in [1.82, 2.24) is 0 Å². The second-order valence-electron chi connectivity index (χ2n) is 5.12. The normalized spacial score (nSPS) is 10.7. The highest BCUT2D eigenvalue weighted by Gasteiger charge is 2.14. The Balaban J connectivity index is 2.49. The van der Waals surface area contributed by atoms with E-state index < -0.39 is 5.97 Å². The van der Waals surface area contributed by atoms with Crippen molar-refractivity contribution in [3.8, 4) is 5.75 Å². The summed E-state index contributed by atoms with van der Waals surface area (Å²) < 4.78 is 16.0. The van der Waals surface area contributed by atoms with Crippen molar-refractivity contribution in [1.29, 1.82) is 0 Å². The average Bonchev–Trinajstić information content (AvgIpc) is 2.42. The van der Waals surface area contributed by atoms with E-state index in [0.29, 0.717) is 49.3 Å². The van der Waals surface area contributed by atoms with E-state index in [1.165, 1.54) is 0 Å². The number of hydrogen-bond acceptors (Lipinski definition) is 5. The first kappa shape index (κ1) is 17.3. The van der Waals surface area contributed by atoms with Gasteiger partial charge in [0.25, 0.3) is 0 Å². The number of esters is 1. The Morgan fingerprint density at radius 3 is 2.67 bits per heavy atom. The number of hydrogen-bond donors (Lipinski definition) is 1. The predicted molar refractivity (Wildman–Crippen MR) is 82.6 cm³/mol. The molecule has 0 spiro atoms. The first-order chi connectivity index (χ1) is 10.0. The van der Waals surface area contributed by atoms with Gasteiger partial charge in [-0.15, -0.1) is 0 Å². The number of nitrogen functional groups attached to an aromatic ring is 1. The van der Waals surface area contributed by atoms with Gasteiger partial charge in [-0.1, -0.05) is 13.8 Å². The molecule has 118 valence electrons. The molecule has 0 aromatic heterocycles. The van der Waals surface area contributed by atoms with Crippen LogP contribution in [-0.2, 0) is 9.47 Å². The number of carbonyl (C=O) groups is 1. The van der Waals surface area contributed by atoms with Gasteiger partial charge in [0.1, 0.15) is 17.9 Å². The monoisotopic (exact) mass is 295 g/mol. The summed E-state index contributed by atoms with van der Waals surface area (Å²) in [6, 6.07) is 4.89. The molecule has 21 heavy (non-hydrogen) atoms. The summed E-state index contributed by atoms with van der Waals surface area (Å²) in [5, 5.41) is 0. The zero-order valence-corrected chi connectivity index (χ0v) is 13.1. The maximum absolute atomic E-state index is 11.8. The molecule has 0 bridgehead atoms. The van der Waals surface area contributed by atoms with Gasteiger partial charge >= 0.3 is 5.97 Å². The van der Waals surface area contributed by atoms with E-state index in [1.807, 2.05) is 0 Å². The lowest BCUT2D eigenvalue weighted by atomic mass is 10.1. The zero-order valence-electron chi connectivity index (χ0n) is 13.1. The van der Waals surface area contributed by atoms with Crippen LogP contribution in [0.2, 0.25) is 0 Å². The highest BCUT2D eigenvalue weighted by atomic mass is 16.5. The van der Waals surface area contributed by atoms with Gasteiger partial charge in [0, 0.05) is 18.4 Å². The van der Waals surface area contributed by atoms with E-state index in [1.54, 1.807) is 25.1 Å². The molecule has 0 radical (unpaired) electrons. The Hall–Kier alpha value is -1.75. The third-order valence-electron chi connectivity index (χ3n) is 2.83. The zero-order chi connectivity index (χ0) is 15.7. The molecule has 2 N–H and O–H groups in total.